The maximum atomic E-state index is 12.3. The molecule has 0 spiro atoms. The molecule has 0 saturated carbocycles. The standard InChI is InChI=1S/C6F13NO/c7-1(21-6(18,19)4(13,14)15)20-5(16,17)2(8,9)3(10,11)12/b20-1+. The van der Waals surface area contributed by atoms with E-state index in [1.54, 1.807) is 0 Å². The van der Waals surface area contributed by atoms with E-state index >= 15 is 0 Å². The smallest absolute Gasteiger partial charge is 0.384 e. The summed E-state index contributed by atoms with van der Waals surface area (Å²) in [5, 5.41) is 0. The van der Waals surface area contributed by atoms with E-state index in [0.717, 1.165) is 0 Å². The Morgan fingerprint density at radius 3 is 1.33 bits per heavy atom. The largest absolute Gasteiger partial charge is 0.501 e. The fourth-order valence-electron chi connectivity index (χ4n) is 0.538. The molecule has 0 fully saturated rings. The van der Waals surface area contributed by atoms with E-state index < -0.39 is 36.6 Å². The van der Waals surface area contributed by atoms with Gasteiger partial charge in [0.25, 0.3) is 0 Å². The Morgan fingerprint density at radius 2 is 1.05 bits per heavy atom. The van der Waals surface area contributed by atoms with Crippen LogP contribution in [0.2, 0.25) is 0 Å². The molecule has 0 aliphatic carbocycles. The van der Waals surface area contributed by atoms with Gasteiger partial charge < -0.3 is 4.74 Å². The Labute approximate surface area is 105 Å². The Balaban J connectivity index is 5.43. The molecule has 0 radical (unpaired) electrons. The molecule has 0 atom stereocenters. The van der Waals surface area contributed by atoms with Crippen molar-refractivity contribution in [2.45, 2.75) is 30.4 Å². The number of nitrogens with zero attached hydrogens (tertiary/aromatic N) is 1. The van der Waals surface area contributed by atoms with Crippen molar-refractivity contribution in [1.29, 1.82) is 0 Å². The van der Waals surface area contributed by atoms with E-state index in [1.165, 1.54) is 0 Å². The average molecular weight is 349 g/mol. The van der Waals surface area contributed by atoms with Crippen molar-refractivity contribution in [3.05, 3.63) is 0 Å². The van der Waals surface area contributed by atoms with Crippen molar-refractivity contribution >= 4 is 6.15 Å². The van der Waals surface area contributed by atoms with Gasteiger partial charge in [0.2, 0.25) is 0 Å². The normalized spacial score (nSPS) is 16.1. The van der Waals surface area contributed by atoms with Crippen LogP contribution in [-0.4, -0.2) is 36.6 Å². The summed E-state index contributed by atoms with van der Waals surface area (Å²) in [5.74, 6) is -7.05. The zero-order valence-electron chi connectivity index (χ0n) is 8.77. The molecule has 0 aromatic heterocycles. The number of halogens is 13. The van der Waals surface area contributed by atoms with Gasteiger partial charge in [-0.2, -0.15) is 52.7 Å². The summed E-state index contributed by atoms with van der Waals surface area (Å²) in [6, 6.07) is -6.73. The van der Waals surface area contributed by atoms with Crippen molar-refractivity contribution in [3.63, 3.8) is 0 Å². The molecule has 0 N–H and O–H groups in total. The van der Waals surface area contributed by atoms with Crippen LogP contribution in [-0.2, 0) is 4.74 Å². The van der Waals surface area contributed by atoms with E-state index in [0.29, 0.717) is 4.99 Å². The summed E-state index contributed by atoms with van der Waals surface area (Å²) in [6.45, 7) is 0. The van der Waals surface area contributed by atoms with Gasteiger partial charge in [0.15, 0.2) is 0 Å². The zero-order chi connectivity index (χ0) is 17.5. The summed E-state index contributed by atoms with van der Waals surface area (Å²) in [4.78, 5) is 0.490. The van der Waals surface area contributed by atoms with Crippen molar-refractivity contribution in [1.82, 2.24) is 0 Å². The molecule has 0 aromatic carbocycles. The molecule has 0 rings (SSSR count). The van der Waals surface area contributed by atoms with Crippen LogP contribution in [0.3, 0.4) is 0 Å². The highest BCUT2D eigenvalue weighted by Crippen LogP contribution is 2.47. The summed E-state index contributed by atoms with van der Waals surface area (Å²) in [5.41, 5.74) is 0. The third-order valence-corrected chi connectivity index (χ3v) is 1.50. The summed E-state index contributed by atoms with van der Waals surface area (Å²) >= 11 is 0. The Morgan fingerprint density at radius 1 is 0.667 bits per heavy atom. The lowest BCUT2D eigenvalue weighted by molar-refractivity contribution is -0.371. The minimum absolute atomic E-state index is 0.490. The van der Waals surface area contributed by atoms with Crippen LogP contribution in [0.4, 0.5) is 57.1 Å². The topological polar surface area (TPSA) is 21.6 Å². The third-order valence-electron chi connectivity index (χ3n) is 1.50. The average Bonchev–Trinajstić information content (AvgIpc) is 2.10. The summed E-state index contributed by atoms with van der Waals surface area (Å²) < 4.78 is 156. The molecule has 0 amide bonds. The van der Waals surface area contributed by atoms with Gasteiger partial charge in [-0.05, 0) is 0 Å². The van der Waals surface area contributed by atoms with Crippen molar-refractivity contribution in [2.24, 2.45) is 4.99 Å². The maximum Gasteiger partial charge on any atom is 0.501 e. The monoisotopic (exact) mass is 349 g/mol. The first-order chi connectivity index (χ1) is 8.85. The van der Waals surface area contributed by atoms with Crippen LogP contribution < -0.4 is 0 Å². The second-order valence-electron chi connectivity index (χ2n) is 3.09. The zero-order valence-corrected chi connectivity index (χ0v) is 8.77. The molecule has 0 aromatic rings. The minimum Gasteiger partial charge on any atom is -0.384 e. The summed E-state index contributed by atoms with van der Waals surface area (Å²) in [6.07, 6.45) is -24.1. The van der Waals surface area contributed by atoms with Gasteiger partial charge in [0.1, 0.15) is 0 Å². The molecule has 126 valence electrons. The molecule has 15 heteroatoms. The van der Waals surface area contributed by atoms with E-state index in [1.807, 2.05) is 4.74 Å². The van der Waals surface area contributed by atoms with E-state index in [-0.39, 0.29) is 0 Å². The van der Waals surface area contributed by atoms with E-state index in [2.05, 4.69) is 0 Å². The minimum atomic E-state index is -7.05. The first kappa shape index (κ1) is 19.6. The number of hydrogen-bond donors (Lipinski definition) is 0. The Kier molecular flexibility index (Phi) is 4.73. The fourth-order valence-corrected chi connectivity index (χ4v) is 0.538. The van der Waals surface area contributed by atoms with Crippen molar-refractivity contribution < 1.29 is 61.8 Å². The van der Waals surface area contributed by atoms with Crippen LogP contribution >= 0.6 is 0 Å². The van der Waals surface area contributed by atoms with Gasteiger partial charge >= 0.3 is 36.6 Å². The highest BCUT2D eigenvalue weighted by molar-refractivity contribution is 5.66. The predicted octanol–water partition coefficient (Wildman–Crippen LogP) is 4.27. The Hall–Kier alpha value is -1.44. The van der Waals surface area contributed by atoms with Gasteiger partial charge in [0.05, 0.1) is 0 Å². The quantitative estimate of drug-likeness (QED) is 0.323. The second-order valence-corrected chi connectivity index (χ2v) is 3.09. The second kappa shape index (κ2) is 5.08. The van der Waals surface area contributed by atoms with Crippen molar-refractivity contribution in [2.75, 3.05) is 0 Å². The molecule has 0 aliphatic rings. The lowest BCUT2D eigenvalue weighted by Crippen LogP contribution is -2.51. The fraction of sp³-hybridized carbons (Fsp3) is 0.833. The number of hydrogen-bond acceptors (Lipinski definition) is 2. The molecule has 0 saturated heterocycles. The molecule has 21 heavy (non-hydrogen) atoms. The van der Waals surface area contributed by atoms with Crippen molar-refractivity contribution in [3.8, 4) is 0 Å². The lowest BCUT2D eigenvalue weighted by atomic mass is 10.3. The molecule has 2 nitrogen and oxygen atoms in total. The van der Waals surface area contributed by atoms with Crippen LogP contribution in [0, 0.1) is 0 Å². The predicted molar refractivity (Wildman–Crippen MR) is 36.6 cm³/mol. The number of ether oxygens (including phenoxy) is 1. The van der Waals surface area contributed by atoms with E-state index in [4.69, 9.17) is 0 Å². The molecule has 0 unspecified atom stereocenters. The molecule has 0 aliphatic heterocycles. The Bertz CT molecular complexity index is 404. The van der Waals surface area contributed by atoms with Gasteiger partial charge in [0, 0.05) is 0 Å². The molecule has 0 bridgehead atoms. The first-order valence-corrected chi connectivity index (χ1v) is 4.06. The first-order valence-electron chi connectivity index (χ1n) is 4.06. The van der Waals surface area contributed by atoms with Crippen LogP contribution in [0.5, 0.6) is 0 Å². The van der Waals surface area contributed by atoms with E-state index in [9.17, 15) is 57.1 Å². The summed E-state index contributed by atoms with van der Waals surface area (Å²) in [7, 11) is 0. The SMILES string of the molecule is F/C(=N\C(F)(F)C(F)(F)C(F)(F)F)OC(F)(F)C(F)(F)F. The van der Waals surface area contributed by atoms with Crippen LogP contribution in [0.1, 0.15) is 0 Å². The number of rotatable bonds is 3. The maximum absolute atomic E-state index is 12.3. The van der Waals surface area contributed by atoms with Gasteiger partial charge in [-0.15, -0.1) is 9.38 Å². The van der Waals surface area contributed by atoms with Crippen LogP contribution in [0.15, 0.2) is 4.99 Å². The highest BCUT2D eigenvalue weighted by atomic mass is 19.4. The van der Waals surface area contributed by atoms with Crippen LogP contribution in [0.25, 0.3) is 0 Å². The molecular formula is C6F13NO. The van der Waals surface area contributed by atoms with Gasteiger partial charge in [-0.25, -0.2) is 0 Å². The number of alkyl halides is 12. The lowest BCUT2D eigenvalue weighted by Gasteiger charge is -2.25. The highest BCUT2D eigenvalue weighted by Gasteiger charge is 2.74. The van der Waals surface area contributed by atoms with Gasteiger partial charge in [-0.1, -0.05) is 0 Å². The third kappa shape index (κ3) is 4.03. The molecular weight excluding hydrogens is 349 g/mol. The number of aliphatic imine (C=N–C) groups is 1. The molecule has 0 heterocycles. The van der Waals surface area contributed by atoms with Gasteiger partial charge in [-0.3, -0.25) is 0 Å².